The van der Waals surface area contributed by atoms with E-state index in [1.165, 1.54) is 5.39 Å². The van der Waals surface area contributed by atoms with E-state index in [1.807, 2.05) is 25.4 Å². The van der Waals surface area contributed by atoms with E-state index in [1.54, 1.807) is 7.11 Å². The number of ether oxygens (including phenoxy) is 1. The van der Waals surface area contributed by atoms with Crippen LogP contribution in [0.15, 0.2) is 24.4 Å². The summed E-state index contributed by atoms with van der Waals surface area (Å²) in [5, 5.41) is 1.18. The molecule has 0 aliphatic heterocycles. The van der Waals surface area contributed by atoms with Crippen molar-refractivity contribution in [2.24, 2.45) is 12.8 Å². The fourth-order valence-corrected chi connectivity index (χ4v) is 1.84. The van der Waals surface area contributed by atoms with Crippen LogP contribution in [0, 0.1) is 0 Å². The van der Waals surface area contributed by atoms with Crippen molar-refractivity contribution in [3.05, 3.63) is 30.0 Å². The number of aromatic nitrogens is 1. The Hall–Kier alpha value is -1.48. The predicted molar refractivity (Wildman–Crippen MR) is 57.4 cm³/mol. The summed E-state index contributed by atoms with van der Waals surface area (Å²) >= 11 is 0. The molecule has 1 aromatic heterocycles. The first-order chi connectivity index (χ1) is 6.77. The summed E-state index contributed by atoms with van der Waals surface area (Å²) in [6.07, 6.45) is 2.05. The number of methoxy groups -OCH3 is 1. The Morgan fingerprint density at radius 2 is 2.21 bits per heavy atom. The van der Waals surface area contributed by atoms with Crippen LogP contribution in [0.4, 0.5) is 0 Å². The Bertz CT molecular complexity index is 460. The third-order valence-electron chi connectivity index (χ3n) is 2.49. The summed E-state index contributed by atoms with van der Waals surface area (Å²) in [7, 11) is 3.69. The highest BCUT2D eigenvalue weighted by molar-refractivity contribution is 5.89. The molecule has 0 fully saturated rings. The van der Waals surface area contributed by atoms with E-state index in [0.717, 1.165) is 16.8 Å². The van der Waals surface area contributed by atoms with E-state index in [9.17, 15) is 0 Å². The Morgan fingerprint density at radius 1 is 1.43 bits per heavy atom. The molecule has 3 nitrogen and oxygen atoms in total. The number of hydrogen-bond donors (Lipinski definition) is 1. The summed E-state index contributed by atoms with van der Waals surface area (Å²) in [6.45, 7) is 0.560. The van der Waals surface area contributed by atoms with Crippen LogP contribution in [-0.4, -0.2) is 11.7 Å². The zero-order valence-electron chi connectivity index (χ0n) is 8.45. The van der Waals surface area contributed by atoms with Gasteiger partial charge in [-0.25, -0.2) is 0 Å². The minimum Gasteiger partial charge on any atom is -0.495 e. The van der Waals surface area contributed by atoms with E-state index < -0.39 is 0 Å². The van der Waals surface area contributed by atoms with Crippen molar-refractivity contribution >= 4 is 10.9 Å². The predicted octanol–water partition coefficient (Wildman–Crippen LogP) is 1.65. The number of benzene rings is 1. The number of nitrogens with two attached hydrogens (primary N) is 1. The van der Waals surface area contributed by atoms with E-state index in [4.69, 9.17) is 10.5 Å². The molecule has 0 saturated heterocycles. The van der Waals surface area contributed by atoms with Crippen LogP contribution in [-0.2, 0) is 13.6 Å². The second kappa shape index (κ2) is 3.35. The number of para-hydroxylation sites is 1. The van der Waals surface area contributed by atoms with Crippen molar-refractivity contribution < 1.29 is 4.74 Å². The highest BCUT2D eigenvalue weighted by Gasteiger charge is 2.08. The molecule has 0 saturated carbocycles. The molecule has 0 unspecified atom stereocenters. The van der Waals surface area contributed by atoms with Gasteiger partial charge in [-0.05, 0) is 11.6 Å². The zero-order valence-corrected chi connectivity index (χ0v) is 8.45. The maximum Gasteiger partial charge on any atom is 0.143 e. The number of hydrogen-bond acceptors (Lipinski definition) is 2. The van der Waals surface area contributed by atoms with E-state index in [0.29, 0.717) is 6.54 Å². The van der Waals surface area contributed by atoms with Gasteiger partial charge in [0, 0.05) is 25.2 Å². The van der Waals surface area contributed by atoms with Crippen molar-refractivity contribution in [3.63, 3.8) is 0 Å². The molecule has 0 aliphatic rings. The Morgan fingerprint density at radius 3 is 2.86 bits per heavy atom. The minimum atomic E-state index is 0.560. The first kappa shape index (κ1) is 9.09. The average Bonchev–Trinajstić information content (AvgIpc) is 2.55. The molecule has 0 spiro atoms. The van der Waals surface area contributed by atoms with Gasteiger partial charge in [0.15, 0.2) is 0 Å². The molecule has 2 aromatic rings. The summed E-state index contributed by atoms with van der Waals surface area (Å²) < 4.78 is 7.36. The lowest BCUT2D eigenvalue weighted by Crippen LogP contribution is -1.94. The first-order valence-electron chi connectivity index (χ1n) is 4.59. The van der Waals surface area contributed by atoms with Gasteiger partial charge in [-0.3, -0.25) is 0 Å². The van der Waals surface area contributed by atoms with Crippen molar-refractivity contribution in [1.82, 2.24) is 4.57 Å². The third kappa shape index (κ3) is 1.17. The molecule has 1 aromatic carbocycles. The first-order valence-corrected chi connectivity index (χ1v) is 4.59. The van der Waals surface area contributed by atoms with Crippen LogP contribution in [0.3, 0.4) is 0 Å². The zero-order chi connectivity index (χ0) is 10.1. The Kier molecular flexibility index (Phi) is 2.17. The average molecular weight is 190 g/mol. The van der Waals surface area contributed by atoms with Gasteiger partial charge in [0.25, 0.3) is 0 Å². The molecule has 0 radical (unpaired) electrons. The summed E-state index contributed by atoms with van der Waals surface area (Å²) in [6, 6.07) is 6.02. The van der Waals surface area contributed by atoms with E-state index >= 15 is 0 Å². The highest BCUT2D eigenvalue weighted by atomic mass is 16.5. The van der Waals surface area contributed by atoms with Gasteiger partial charge in [-0.15, -0.1) is 0 Å². The molecular formula is C11H14N2O. The topological polar surface area (TPSA) is 40.2 Å². The van der Waals surface area contributed by atoms with Gasteiger partial charge in [-0.2, -0.15) is 0 Å². The quantitative estimate of drug-likeness (QED) is 0.782. The molecule has 0 atom stereocenters. The van der Waals surface area contributed by atoms with E-state index in [2.05, 4.69) is 10.6 Å². The molecule has 0 amide bonds. The number of nitrogens with zero attached hydrogens (tertiary/aromatic N) is 1. The molecule has 1 heterocycles. The second-order valence-corrected chi connectivity index (χ2v) is 3.33. The lowest BCUT2D eigenvalue weighted by Gasteiger charge is -2.03. The van der Waals surface area contributed by atoms with Crippen molar-refractivity contribution in [2.75, 3.05) is 7.11 Å². The smallest absolute Gasteiger partial charge is 0.143 e. The lowest BCUT2D eigenvalue weighted by atomic mass is 10.1. The molecule has 3 heteroatoms. The molecule has 0 bridgehead atoms. The largest absolute Gasteiger partial charge is 0.495 e. The monoisotopic (exact) mass is 190 g/mol. The number of aryl methyl sites for hydroxylation is 1. The van der Waals surface area contributed by atoms with Crippen molar-refractivity contribution in [1.29, 1.82) is 0 Å². The van der Waals surface area contributed by atoms with Gasteiger partial charge in [0.1, 0.15) is 5.75 Å². The fourth-order valence-electron chi connectivity index (χ4n) is 1.84. The highest BCUT2D eigenvalue weighted by Crippen LogP contribution is 2.28. The SMILES string of the molecule is COc1cccc2c(CN)cn(C)c12. The number of fused-ring (bicyclic) bond motifs is 1. The van der Waals surface area contributed by atoms with Gasteiger partial charge in [-0.1, -0.05) is 12.1 Å². The summed E-state index contributed by atoms with van der Waals surface area (Å²) in [4.78, 5) is 0. The molecule has 2 N–H and O–H groups in total. The molecule has 0 aliphatic carbocycles. The summed E-state index contributed by atoms with van der Waals surface area (Å²) in [5.41, 5.74) is 7.93. The Balaban J connectivity index is 2.81. The van der Waals surface area contributed by atoms with Gasteiger partial charge in [0.05, 0.1) is 12.6 Å². The molecule has 14 heavy (non-hydrogen) atoms. The Labute approximate surface area is 83.1 Å². The van der Waals surface area contributed by atoms with Crippen LogP contribution in [0.1, 0.15) is 5.56 Å². The van der Waals surface area contributed by atoms with Crippen LogP contribution in [0.25, 0.3) is 10.9 Å². The fraction of sp³-hybridized carbons (Fsp3) is 0.273. The van der Waals surface area contributed by atoms with Crippen LogP contribution >= 0.6 is 0 Å². The third-order valence-corrected chi connectivity index (χ3v) is 2.49. The molecule has 2 rings (SSSR count). The molecular weight excluding hydrogens is 176 g/mol. The van der Waals surface area contributed by atoms with Gasteiger partial charge >= 0.3 is 0 Å². The van der Waals surface area contributed by atoms with Crippen molar-refractivity contribution in [3.8, 4) is 5.75 Å². The molecule has 74 valence electrons. The van der Waals surface area contributed by atoms with Crippen LogP contribution < -0.4 is 10.5 Å². The maximum absolute atomic E-state index is 5.67. The maximum atomic E-state index is 5.67. The van der Waals surface area contributed by atoms with Crippen LogP contribution in [0.2, 0.25) is 0 Å². The van der Waals surface area contributed by atoms with Gasteiger partial charge < -0.3 is 15.0 Å². The normalized spacial score (nSPS) is 10.8. The summed E-state index contributed by atoms with van der Waals surface area (Å²) in [5.74, 6) is 0.893. The van der Waals surface area contributed by atoms with Gasteiger partial charge in [0.2, 0.25) is 0 Å². The lowest BCUT2D eigenvalue weighted by molar-refractivity contribution is 0.418. The van der Waals surface area contributed by atoms with Crippen molar-refractivity contribution in [2.45, 2.75) is 6.54 Å². The second-order valence-electron chi connectivity index (χ2n) is 3.33. The number of rotatable bonds is 2. The minimum absolute atomic E-state index is 0.560. The standard InChI is InChI=1S/C11H14N2O/c1-13-7-8(6-12)9-4-3-5-10(14-2)11(9)13/h3-5,7H,6,12H2,1-2H3. The van der Waals surface area contributed by atoms with E-state index in [-0.39, 0.29) is 0 Å². The van der Waals surface area contributed by atoms with Crippen LogP contribution in [0.5, 0.6) is 5.75 Å².